The smallest absolute Gasteiger partial charge is 0.127 e. The van der Waals surface area contributed by atoms with Crippen LogP contribution in [0.1, 0.15) is 18.4 Å². The minimum Gasteiger partial charge on any atom is -0.303 e. The Bertz CT molecular complexity index is 430. The zero-order chi connectivity index (χ0) is 9.26. The van der Waals surface area contributed by atoms with Crippen molar-refractivity contribution >= 4 is 27.7 Å². The van der Waals surface area contributed by atoms with Crippen molar-refractivity contribution in [2.24, 2.45) is 0 Å². The molecular weight excluding hydrogens is 180 g/mol. The van der Waals surface area contributed by atoms with Gasteiger partial charge in [-0.25, -0.2) is 0 Å². The van der Waals surface area contributed by atoms with Crippen LogP contribution in [0.5, 0.6) is 0 Å². The average molecular weight is 190 g/mol. The van der Waals surface area contributed by atoms with Crippen molar-refractivity contribution in [3.63, 3.8) is 0 Å². The highest BCUT2D eigenvalue weighted by atomic mass is 32.1. The fourth-order valence-corrected chi connectivity index (χ4v) is 2.31. The number of thiophene rings is 1. The highest BCUT2D eigenvalue weighted by Crippen LogP contribution is 2.28. The lowest BCUT2D eigenvalue weighted by molar-refractivity contribution is -0.108. The minimum atomic E-state index is -0.00157. The molecular formula is C11H10OS. The summed E-state index contributed by atoms with van der Waals surface area (Å²) in [7, 11) is 0. The predicted octanol–water partition coefficient (Wildman–Crippen LogP) is 3.20. The predicted molar refractivity (Wildman–Crippen MR) is 56.3 cm³/mol. The fraction of sp³-hybridized carbons (Fsp3) is 0.182. The number of benzene rings is 1. The molecule has 0 N–H and O–H groups in total. The normalized spacial score (nSPS) is 13.0. The van der Waals surface area contributed by atoms with Gasteiger partial charge < -0.3 is 4.79 Å². The first-order valence-corrected chi connectivity index (χ1v) is 5.12. The van der Waals surface area contributed by atoms with Gasteiger partial charge in [0.15, 0.2) is 0 Å². The van der Waals surface area contributed by atoms with E-state index in [-0.39, 0.29) is 5.92 Å². The zero-order valence-corrected chi connectivity index (χ0v) is 8.17. The van der Waals surface area contributed by atoms with Crippen LogP contribution in [0.2, 0.25) is 0 Å². The van der Waals surface area contributed by atoms with Crippen molar-refractivity contribution in [3.05, 3.63) is 35.2 Å². The fourth-order valence-electron chi connectivity index (χ4n) is 1.49. The average Bonchev–Trinajstić information content (AvgIpc) is 2.63. The van der Waals surface area contributed by atoms with Gasteiger partial charge in [0.05, 0.1) is 0 Å². The number of hydrogen-bond donors (Lipinski definition) is 0. The van der Waals surface area contributed by atoms with Crippen LogP contribution >= 0.6 is 11.3 Å². The van der Waals surface area contributed by atoms with Gasteiger partial charge in [0.2, 0.25) is 0 Å². The Kier molecular flexibility index (Phi) is 2.15. The van der Waals surface area contributed by atoms with E-state index >= 15 is 0 Å². The molecule has 0 amide bonds. The van der Waals surface area contributed by atoms with E-state index in [2.05, 4.69) is 17.5 Å². The molecule has 2 heteroatoms. The van der Waals surface area contributed by atoms with Crippen LogP contribution in [0.15, 0.2) is 29.6 Å². The first-order valence-electron chi connectivity index (χ1n) is 4.24. The molecule has 66 valence electrons. The second kappa shape index (κ2) is 3.30. The van der Waals surface area contributed by atoms with Gasteiger partial charge in [0.1, 0.15) is 6.29 Å². The maximum atomic E-state index is 10.7. The molecule has 0 aliphatic carbocycles. The van der Waals surface area contributed by atoms with Crippen LogP contribution in [-0.2, 0) is 4.79 Å². The Morgan fingerprint density at radius 3 is 3.00 bits per heavy atom. The van der Waals surface area contributed by atoms with E-state index in [0.29, 0.717) is 0 Å². The van der Waals surface area contributed by atoms with Crippen LogP contribution in [0, 0.1) is 0 Å². The summed E-state index contributed by atoms with van der Waals surface area (Å²) in [6.45, 7) is 1.93. The summed E-state index contributed by atoms with van der Waals surface area (Å²) < 4.78 is 1.26. The number of carbonyl (C=O) groups is 1. The number of rotatable bonds is 2. The molecule has 1 unspecified atom stereocenters. The standard InChI is InChI=1S/C11H10OS/c1-8(7-12)9-3-2-4-11-10(9)5-6-13-11/h2-8H,1H3. The summed E-state index contributed by atoms with van der Waals surface area (Å²) in [6.07, 6.45) is 0.992. The molecule has 1 nitrogen and oxygen atoms in total. The SMILES string of the molecule is CC(C=O)c1cccc2sccc12. The highest BCUT2D eigenvalue weighted by Gasteiger charge is 2.07. The van der Waals surface area contributed by atoms with E-state index < -0.39 is 0 Å². The number of carbonyl (C=O) groups excluding carboxylic acids is 1. The Labute approximate surface area is 81.0 Å². The third kappa shape index (κ3) is 1.38. The molecule has 0 bridgehead atoms. The largest absolute Gasteiger partial charge is 0.303 e. The van der Waals surface area contributed by atoms with Gasteiger partial charge in [-0.1, -0.05) is 19.1 Å². The van der Waals surface area contributed by atoms with Crippen molar-refractivity contribution in [2.75, 3.05) is 0 Å². The monoisotopic (exact) mass is 190 g/mol. The maximum Gasteiger partial charge on any atom is 0.127 e. The molecule has 0 saturated carbocycles. The molecule has 0 aliphatic heterocycles. The van der Waals surface area contributed by atoms with Crippen LogP contribution in [0.3, 0.4) is 0 Å². The van der Waals surface area contributed by atoms with Gasteiger partial charge in [-0.05, 0) is 28.5 Å². The lowest BCUT2D eigenvalue weighted by Crippen LogP contribution is -1.93. The first kappa shape index (κ1) is 8.45. The minimum absolute atomic E-state index is 0.00157. The molecule has 1 heterocycles. The molecule has 0 fully saturated rings. The molecule has 2 rings (SSSR count). The van der Waals surface area contributed by atoms with Gasteiger partial charge in [-0.2, -0.15) is 0 Å². The van der Waals surface area contributed by atoms with Gasteiger partial charge in [-0.3, -0.25) is 0 Å². The quantitative estimate of drug-likeness (QED) is 0.664. The molecule has 1 atom stereocenters. The summed E-state index contributed by atoms with van der Waals surface area (Å²) in [5.41, 5.74) is 1.13. The van der Waals surface area contributed by atoms with E-state index in [1.807, 2.05) is 19.1 Å². The summed E-state index contributed by atoms with van der Waals surface area (Å²) in [5.74, 6) is -0.00157. The molecule has 0 radical (unpaired) electrons. The molecule has 0 spiro atoms. The van der Waals surface area contributed by atoms with Gasteiger partial charge in [-0.15, -0.1) is 11.3 Å². The van der Waals surface area contributed by atoms with E-state index in [1.54, 1.807) is 11.3 Å². The first-order chi connectivity index (χ1) is 6.33. The summed E-state index contributed by atoms with van der Waals surface area (Å²) in [4.78, 5) is 10.7. The molecule has 13 heavy (non-hydrogen) atoms. The highest BCUT2D eigenvalue weighted by molar-refractivity contribution is 7.17. The summed E-state index contributed by atoms with van der Waals surface area (Å²) >= 11 is 1.71. The van der Waals surface area contributed by atoms with Crippen LogP contribution < -0.4 is 0 Å². The summed E-state index contributed by atoms with van der Waals surface area (Å²) in [5, 5.41) is 3.28. The third-order valence-electron chi connectivity index (χ3n) is 2.22. The topological polar surface area (TPSA) is 17.1 Å². The molecule has 0 saturated heterocycles. The number of fused-ring (bicyclic) bond motifs is 1. The number of aldehydes is 1. The maximum absolute atomic E-state index is 10.7. The van der Waals surface area contributed by atoms with E-state index in [4.69, 9.17) is 0 Å². The summed E-state index contributed by atoms with van der Waals surface area (Å²) in [6, 6.07) is 8.19. The Balaban J connectivity index is 2.67. The second-order valence-electron chi connectivity index (χ2n) is 3.10. The van der Waals surface area contributed by atoms with Gasteiger partial charge in [0.25, 0.3) is 0 Å². The van der Waals surface area contributed by atoms with E-state index in [0.717, 1.165) is 11.8 Å². The molecule has 1 aromatic carbocycles. The Hall–Kier alpha value is -1.15. The van der Waals surface area contributed by atoms with Crippen molar-refractivity contribution < 1.29 is 4.79 Å². The van der Waals surface area contributed by atoms with Crippen LogP contribution in [-0.4, -0.2) is 6.29 Å². The zero-order valence-electron chi connectivity index (χ0n) is 7.36. The lowest BCUT2D eigenvalue weighted by atomic mass is 9.99. The Morgan fingerprint density at radius 2 is 2.23 bits per heavy atom. The van der Waals surface area contributed by atoms with E-state index in [9.17, 15) is 4.79 Å². The van der Waals surface area contributed by atoms with Crippen molar-refractivity contribution in [1.29, 1.82) is 0 Å². The van der Waals surface area contributed by atoms with Crippen molar-refractivity contribution in [2.45, 2.75) is 12.8 Å². The van der Waals surface area contributed by atoms with E-state index in [1.165, 1.54) is 10.1 Å². The molecule has 0 aliphatic rings. The molecule has 1 aromatic heterocycles. The third-order valence-corrected chi connectivity index (χ3v) is 3.11. The van der Waals surface area contributed by atoms with Crippen LogP contribution in [0.25, 0.3) is 10.1 Å². The second-order valence-corrected chi connectivity index (χ2v) is 4.05. The van der Waals surface area contributed by atoms with Crippen molar-refractivity contribution in [1.82, 2.24) is 0 Å². The van der Waals surface area contributed by atoms with Crippen LogP contribution in [0.4, 0.5) is 0 Å². The van der Waals surface area contributed by atoms with Gasteiger partial charge in [0, 0.05) is 10.6 Å². The van der Waals surface area contributed by atoms with Gasteiger partial charge >= 0.3 is 0 Å². The molecule has 2 aromatic rings. The Morgan fingerprint density at radius 1 is 1.38 bits per heavy atom. The van der Waals surface area contributed by atoms with Crippen molar-refractivity contribution in [3.8, 4) is 0 Å². The lowest BCUT2D eigenvalue weighted by Gasteiger charge is -2.04. The number of hydrogen-bond acceptors (Lipinski definition) is 2.